The molecular weight excluding hydrogens is 334 g/mol. The monoisotopic (exact) mass is 357 g/mol. The van der Waals surface area contributed by atoms with Gasteiger partial charge in [0.25, 0.3) is 6.02 Å². The smallest absolute Gasteiger partial charge is 0.283 e. The second-order valence-corrected chi connectivity index (χ2v) is 8.16. The van der Waals surface area contributed by atoms with Crippen LogP contribution in [0.4, 0.5) is 0 Å². The van der Waals surface area contributed by atoms with Crippen molar-refractivity contribution < 1.29 is 9.47 Å². The first-order valence-electron chi connectivity index (χ1n) is 8.61. The molecule has 0 amide bonds. The maximum absolute atomic E-state index is 6.07. The molecule has 0 saturated carbocycles. The van der Waals surface area contributed by atoms with Gasteiger partial charge in [0, 0.05) is 42.1 Å². The molecule has 2 aliphatic heterocycles. The lowest BCUT2D eigenvalue weighted by Gasteiger charge is -2.45. The van der Waals surface area contributed by atoms with Crippen LogP contribution in [0.1, 0.15) is 36.6 Å². The van der Waals surface area contributed by atoms with Crippen LogP contribution in [0.5, 0.6) is 0 Å². The van der Waals surface area contributed by atoms with E-state index < -0.39 is 0 Å². The van der Waals surface area contributed by atoms with Gasteiger partial charge in [0.15, 0.2) is 0 Å². The van der Waals surface area contributed by atoms with E-state index in [0.717, 1.165) is 30.4 Å². The zero-order valence-electron chi connectivity index (χ0n) is 14.6. The molecule has 6 heteroatoms. The minimum atomic E-state index is -0.361. The van der Waals surface area contributed by atoms with Gasteiger partial charge in [0.1, 0.15) is 11.1 Å². The highest BCUT2D eigenvalue weighted by molar-refractivity contribution is 7.10. The van der Waals surface area contributed by atoms with Gasteiger partial charge in [-0.1, -0.05) is 0 Å². The lowest BCUT2D eigenvalue weighted by molar-refractivity contribution is -0.0790. The van der Waals surface area contributed by atoms with Crippen molar-refractivity contribution in [3.8, 4) is 11.1 Å². The summed E-state index contributed by atoms with van der Waals surface area (Å²) in [6.45, 7) is 5.65. The number of thiophene rings is 1. The van der Waals surface area contributed by atoms with Crippen LogP contribution < -0.4 is 5.73 Å². The molecule has 2 aromatic heterocycles. The van der Waals surface area contributed by atoms with Gasteiger partial charge in [-0.15, -0.1) is 11.3 Å². The molecule has 1 fully saturated rings. The van der Waals surface area contributed by atoms with E-state index in [4.69, 9.17) is 15.2 Å². The highest BCUT2D eigenvalue weighted by Crippen LogP contribution is 2.46. The van der Waals surface area contributed by atoms with Gasteiger partial charge in [-0.3, -0.25) is 4.98 Å². The minimum absolute atomic E-state index is 0.256. The molecule has 0 aromatic carbocycles. The Hall–Kier alpha value is -1.92. The number of aryl methyl sites for hydroxylation is 1. The van der Waals surface area contributed by atoms with Crippen LogP contribution >= 0.6 is 11.3 Å². The molecule has 0 radical (unpaired) electrons. The van der Waals surface area contributed by atoms with Gasteiger partial charge in [0.2, 0.25) is 0 Å². The molecular formula is C19H23N3O2S. The summed E-state index contributed by atoms with van der Waals surface area (Å²) in [5.41, 5.74) is 8.93. The van der Waals surface area contributed by atoms with Crippen LogP contribution in [0.3, 0.4) is 0 Å². The van der Waals surface area contributed by atoms with E-state index in [9.17, 15) is 0 Å². The molecule has 25 heavy (non-hydrogen) atoms. The number of rotatable bonds is 2. The van der Waals surface area contributed by atoms with Crippen molar-refractivity contribution in [2.75, 3.05) is 13.2 Å². The van der Waals surface area contributed by atoms with Gasteiger partial charge < -0.3 is 15.2 Å². The Morgan fingerprint density at radius 3 is 2.72 bits per heavy atom. The fourth-order valence-electron chi connectivity index (χ4n) is 3.84. The Balaban J connectivity index is 1.67. The van der Waals surface area contributed by atoms with Gasteiger partial charge in [-0.2, -0.15) is 0 Å². The molecule has 1 spiro atoms. The number of amidine groups is 1. The Labute approximate surface area is 151 Å². The minimum Gasteiger partial charge on any atom is -0.459 e. The highest BCUT2D eigenvalue weighted by atomic mass is 32.1. The lowest BCUT2D eigenvalue weighted by atomic mass is 9.79. The fraction of sp³-hybridized carbons (Fsp3) is 0.474. The number of hydrogen-bond acceptors (Lipinski definition) is 6. The topological polar surface area (TPSA) is 69.7 Å². The third-order valence-corrected chi connectivity index (χ3v) is 6.27. The first-order valence-corrected chi connectivity index (χ1v) is 9.49. The van der Waals surface area contributed by atoms with Crippen LogP contribution in [-0.4, -0.2) is 29.8 Å². The summed E-state index contributed by atoms with van der Waals surface area (Å²) in [6.07, 6.45) is 6.33. The summed E-state index contributed by atoms with van der Waals surface area (Å²) in [4.78, 5) is 10.2. The van der Waals surface area contributed by atoms with E-state index >= 15 is 0 Å². The van der Waals surface area contributed by atoms with Crippen molar-refractivity contribution in [3.63, 3.8) is 0 Å². The number of ether oxygens (including phenoxy) is 2. The third-order valence-electron chi connectivity index (χ3n) is 5.09. The highest BCUT2D eigenvalue weighted by Gasteiger charge is 2.47. The quantitative estimate of drug-likeness (QED) is 0.891. The maximum Gasteiger partial charge on any atom is 0.283 e. The Morgan fingerprint density at radius 2 is 1.96 bits per heavy atom. The summed E-state index contributed by atoms with van der Waals surface area (Å²) in [5.74, 6) is 0. The lowest BCUT2D eigenvalue weighted by Crippen LogP contribution is -2.50. The van der Waals surface area contributed by atoms with E-state index in [1.54, 1.807) is 11.3 Å². The van der Waals surface area contributed by atoms with E-state index in [2.05, 4.69) is 41.3 Å². The van der Waals surface area contributed by atoms with Crippen LogP contribution in [0.2, 0.25) is 0 Å². The Bertz CT molecular complexity index is 811. The molecule has 4 rings (SSSR count). The molecule has 0 bridgehead atoms. The molecule has 2 N–H and O–H groups in total. The largest absolute Gasteiger partial charge is 0.459 e. The van der Waals surface area contributed by atoms with Gasteiger partial charge in [-0.05, 0) is 42.5 Å². The second kappa shape index (κ2) is 6.11. The molecule has 1 unspecified atom stereocenters. The predicted molar refractivity (Wildman–Crippen MR) is 99.7 cm³/mol. The normalized spacial score (nSPS) is 25.4. The zero-order valence-corrected chi connectivity index (χ0v) is 15.4. The third kappa shape index (κ3) is 3.16. The van der Waals surface area contributed by atoms with Crippen molar-refractivity contribution in [2.24, 2.45) is 10.7 Å². The molecule has 1 saturated heterocycles. The molecule has 0 aliphatic carbocycles. The average Bonchev–Trinajstić information content (AvgIpc) is 3.05. The molecule has 5 nitrogen and oxygen atoms in total. The van der Waals surface area contributed by atoms with Crippen molar-refractivity contribution in [1.29, 1.82) is 0 Å². The van der Waals surface area contributed by atoms with Gasteiger partial charge >= 0.3 is 0 Å². The van der Waals surface area contributed by atoms with Crippen LogP contribution in [0.25, 0.3) is 11.1 Å². The number of aliphatic imine (C=N–C) groups is 1. The Morgan fingerprint density at radius 1 is 1.16 bits per heavy atom. The number of pyridine rings is 1. The van der Waals surface area contributed by atoms with E-state index in [-0.39, 0.29) is 11.1 Å². The first-order chi connectivity index (χ1) is 12.0. The molecule has 132 valence electrons. The van der Waals surface area contributed by atoms with Gasteiger partial charge in [0.05, 0.1) is 13.2 Å². The zero-order chi connectivity index (χ0) is 17.5. The Kier molecular flexibility index (Phi) is 4.04. The summed E-state index contributed by atoms with van der Waals surface area (Å²) in [7, 11) is 0. The predicted octanol–water partition coefficient (Wildman–Crippen LogP) is 3.62. The van der Waals surface area contributed by atoms with Crippen molar-refractivity contribution in [3.05, 3.63) is 40.3 Å². The summed E-state index contributed by atoms with van der Waals surface area (Å²) < 4.78 is 11.5. The summed E-state index contributed by atoms with van der Waals surface area (Å²) in [6, 6.07) is 4.67. The van der Waals surface area contributed by atoms with Crippen LogP contribution in [-0.2, 0) is 15.0 Å². The summed E-state index contributed by atoms with van der Waals surface area (Å²) >= 11 is 1.73. The SMILES string of the molecule is Cc1cncc(-c2csc(C3(C)CC4(CCOCC4)OC(N)=N3)c2)c1. The molecule has 1 atom stereocenters. The summed E-state index contributed by atoms with van der Waals surface area (Å²) in [5, 5.41) is 2.18. The fourth-order valence-corrected chi connectivity index (χ4v) is 4.86. The average molecular weight is 357 g/mol. The molecule has 2 aromatic rings. The van der Waals surface area contributed by atoms with Crippen molar-refractivity contribution >= 4 is 17.4 Å². The maximum atomic E-state index is 6.07. The van der Waals surface area contributed by atoms with Crippen LogP contribution in [0, 0.1) is 6.92 Å². The number of hydrogen-bond donors (Lipinski definition) is 1. The standard InChI is InChI=1S/C19H23N3O2S/c1-13-7-14(10-21-9-13)15-8-16(25-11-15)18(2)12-19(24-17(20)22-18)3-5-23-6-4-19/h7-11H,3-6,12H2,1-2H3,(H2,20,22). The van der Waals surface area contributed by atoms with Crippen molar-refractivity contribution in [2.45, 2.75) is 44.2 Å². The number of nitrogens with zero attached hydrogens (tertiary/aromatic N) is 2. The van der Waals surface area contributed by atoms with E-state index in [0.29, 0.717) is 19.2 Å². The number of aromatic nitrogens is 1. The van der Waals surface area contributed by atoms with Crippen LogP contribution in [0.15, 0.2) is 34.9 Å². The molecule has 4 heterocycles. The number of nitrogens with two attached hydrogens (primary N) is 1. The van der Waals surface area contributed by atoms with E-state index in [1.807, 2.05) is 12.4 Å². The second-order valence-electron chi connectivity index (χ2n) is 7.25. The van der Waals surface area contributed by atoms with Gasteiger partial charge in [-0.25, -0.2) is 4.99 Å². The van der Waals surface area contributed by atoms with Crippen molar-refractivity contribution in [1.82, 2.24) is 4.98 Å². The van der Waals surface area contributed by atoms with E-state index in [1.165, 1.54) is 10.4 Å². The first kappa shape index (κ1) is 16.5. The molecule has 2 aliphatic rings.